The maximum absolute atomic E-state index is 13.3. The van der Waals surface area contributed by atoms with Gasteiger partial charge in [-0.2, -0.15) is 10.2 Å². The van der Waals surface area contributed by atoms with Crippen LogP contribution in [0.1, 0.15) is 43.0 Å². The highest BCUT2D eigenvalue weighted by Crippen LogP contribution is 2.35. The standard InChI is InChI=1S/C34H28N6O14S4/c1-15-7-17(3-5-25(15)37-39-31-27(57(49,50)51)11-19-9-21(55(43,44)45)13-23(35)29(19)33(31)41)18-4-6-26(16(2)8-18)38-40-32-28(58(52,53)54)12-20-10-22(56(46,47)48)14-24(36)30(20)34(32)42/h3-14,37-38H,35-36H2,1-2H3,(H,43,44,45)(H,46,47,48)(H,49,50,51)(H,52,53,54)/p-4/b39-31+,40-32+. The number of hydrogen-bond acceptors (Lipinski definition) is 20. The van der Waals surface area contributed by atoms with E-state index >= 15 is 0 Å². The Bertz CT molecular complexity index is 2930. The molecule has 0 heterocycles. The lowest BCUT2D eigenvalue weighted by Crippen LogP contribution is -2.28. The molecule has 58 heavy (non-hydrogen) atoms. The van der Waals surface area contributed by atoms with Crippen LogP contribution in [0, 0.1) is 13.8 Å². The first kappa shape index (κ1) is 41.5. The van der Waals surface area contributed by atoms with Crippen molar-refractivity contribution in [3.8, 4) is 11.1 Å². The van der Waals surface area contributed by atoms with E-state index in [1.165, 1.54) is 12.1 Å². The Morgan fingerprint density at radius 1 is 0.517 bits per heavy atom. The third kappa shape index (κ3) is 8.02. The third-order valence-electron chi connectivity index (χ3n) is 8.75. The molecule has 0 atom stereocenters. The van der Waals surface area contributed by atoms with Crippen LogP contribution in [-0.4, -0.2) is 74.9 Å². The van der Waals surface area contributed by atoms with Gasteiger partial charge in [-0.15, -0.1) is 0 Å². The van der Waals surface area contributed by atoms with E-state index in [-0.39, 0.29) is 33.6 Å². The number of rotatable bonds is 9. The molecular weight excluding hydrogens is 845 g/mol. The highest BCUT2D eigenvalue weighted by atomic mass is 32.2. The Kier molecular flexibility index (Phi) is 10.3. The number of allylic oxidation sites excluding steroid dienone is 2. The highest BCUT2D eigenvalue weighted by molar-refractivity contribution is 7.91. The number of Topliss-reactive ketones (excluding diaryl/α,β-unsaturated/α-hetero) is 2. The van der Waals surface area contributed by atoms with E-state index in [4.69, 9.17) is 11.5 Å². The molecule has 0 amide bonds. The number of hydrogen-bond donors (Lipinski definition) is 4. The van der Waals surface area contributed by atoms with Crippen LogP contribution in [0.5, 0.6) is 0 Å². The Balaban J connectivity index is 1.27. The lowest BCUT2D eigenvalue weighted by Gasteiger charge is -2.22. The summed E-state index contributed by atoms with van der Waals surface area (Å²) in [7, 11) is -20.9. The Morgan fingerprint density at radius 3 is 1.16 bits per heavy atom. The van der Waals surface area contributed by atoms with Crippen LogP contribution in [0.15, 0.2) is 90.5 Å². The monoisotopic (exact) mass is 868 g/mol. The lowest BCUT2D eigenvalue weighted by atomic mass is 9.93. The molecule has 6 rings (SSSR count). The molecule has 0 fully saturated rings. The summed E-state index contributed by atoms with van der Waals surface area (Å²) >= 11 is 0. The number of nitrogens with two attached hydrogens (primary N) is 2. The van der Waals surface area contributed by atoms with Gasteiger partial charge in [-0.3, -0.25) is 20.4 Å². The molecule has 4 aromatic rings. The number of benzene rings is 4. The smallest absolute Gasteiger partial charge is 0.217 e. The molecule has 4 aromatic carbocycles. The van der Waals surface area contributed by atoms with E-state index in [1.54, 1.807) is 38.1 Å². The van der Waals surface area contributed by atoms with Crippen LogP contribution in [0.2, 0.25) is 0 Å². The molecule has 24 heteroatoms. The van der Waals surface area contributed by atoms with Gasteiger partial charge in [0.2, 0.25) is 11.6 Å². The summed E-state index contributed by atoms with van der Waals surface area (Å²) in [5.74, 6) is -2.27. The lowest BCUT2D eigenvalue weighted by molar-refractivity contribution is 0.105. The summed E-state index contributed by atoms with van der Waals surface area (Å²) in [6.45, 7) is 3.27. The Labute approximate surface area is 329 Å². The molecule has 2 aliphatic carbocycles. The van der Waals surface area contributed by atoms with E-state index in [0.29, 0.717) is 34.4 Å². The summed E-state index contributed by atoms with van der Waals surface area (Å²) < 4.78 is 142. The first-order chi connectivity index (χ1) is 26.8. The quantitative estimate of drug-likeness (QED) is 0.106. The molecule has 0 saturated carbocycles. The maximum atomic E-state index is 13.3. The molecule has 2 aliphatic rings. The number of aryl methyl sites for hydroxylation is 2. The van der Waals surface area contributed by atoms with E-state index in [1.807, 2.05) is 0 Å². The van der Waals surface area contributed by atoms with Gasteiger partial charge in [-0.05, 0) is 108 Å². The zero-order valence-corrected chi connectivity index (χ0v) is 32.6. The minimum atomic E-state index is -5.37. The zero-order valence-electron chi connectivity index (χ0n) is 29.3. The Hall–Kier alpha value is -6.12. The molecule has 0 aromatic heterocycles. The van der Waals surface area contributed by atoms with Crippen molar-refractivity contribution in [2.45, 2.75) is 23.6 Å². The first-order valence-corrected chi connectivity index (χ1v) is 21.5. The molecule has 0 saturated heterocycles. The zero-order chi connectivity index (χ0) is 42.9. The largest absolute Gasteiger partial charge is 0.744 e. The van der Waals surface area contributed by atoms with Gasteiger partial charge in [0, 0.05) is 11.4 Å². The predicted molar refractivity (Wildman–Crippen MR) is 205 cm³/mol. The predicted octanol–water partition coefficient (Wildman–Crippen LogP) is 2.04. The number of carbonyl (C=O) groups excluding carboxylic acids is 2. The van der Waals surface area contributed by atoms with Crippen molar-refractivity contribution in [1.29, 1.82) is 0 Å². The van der Waals surface area contributed by atoms with E-state index in [2.05, 4.69) is 21.1 Å². The van der Waals surface area contributed by atoms with Gasteiger partial charge >= 0.3 is 0 Å². The summed E-state index contributed by atoms with van der Waals surface area (Å²) in [5, 5.41) is 7.77. The van der Waals surface area contributed by atoms with Crippen molar-refractivity contribution in [3.05, 3.63) is 104 Å². The van der Waals surface area contributed by atoms with Crippen LogP contribution >= 0.6 is 0 Å². The second-order valence-corrected chi connectivity index (χ2v) is 18.1. The van der Waals surface area contributed by atoms with Gasteiger partial charge in [0.05, 0.1) is 42.1 Å². The van der Waals surface area contributed by atoms with Gasteiger partial charge < -0.3 is 29.7 Å². The van der Waals surface area contributed by atoms with Gasteiger partial charge in [0.1, 0.15) is 51.9 Å². The molecule has 0 unspecified atom stereocenters. The number of nitrogen functional groups attached to an aromatic ring is 2. The fraction of sp³-hybridized carbons (Fsp3) is 0.0588. The van der Waals surface area contributed by atoms with Crippen molar-refractivity contribution in [3.63, 3.8) is 0 Å². The molecule has 6 N–H and O–H groups in total. The average molecular weight is 869 g/mol. The molecule has 0 bridgehead atoms. The highest BCUT2D eigenvalue weighted by Gasteiger charge is 2.33. The van der Waals surface area contributed by atoms with Crippen LogP contribution in [0.4, 0.5) is 22.7 Å². The minimum Gasteiger partial charge on any atom is -0.744 e. The molecule has 0 radical (unpaired) electrons. The average Bonchev–Trinajstić information content (AvgIpc) is 3.09. The summed E-state index contributed by atoms with van der Waals surface area (Å²) in [6.07, 6.45) is 1.39. The topological polar surface area (TPSA) is 364 Å². The van der Waals surface area contributed by atoms with E-state index in [9.17, 15) is 61.5 Å². The van der Waals surface area contributed by atoms with Crippen molar-refractivity contribution < 1.29 is 61.5 Å². The first-order valence-electron chi connectivity index (χ1n) is 15.9. The third-order valence-corrected chi connectivity index (χ3v) is 12.1. The van der Waals surface area contributed by atoms with Gasteiger partial charge in [-0.25, -0.2) is 33.7 Å². The molecule has 20 nitrogen and oxygen atoms in total. The minimum absolute atomic E-state index is 0.256. The second kappa shape index (κ2) is 14.4. The van der Waals surface area contributed by atoms with Gasteiger partial charge in [-0.1, -0.05) is 12.1 Å². The number of hydrazone groups is 2. The van der Waals surface area contributed by atoms with E-state index in [0.717, 1.165) is 24.3 Å². The number of ketones is 2. The number of carbonyl (C=O) groups is 2. The molecule has 0 spiro atoms. The number of anilines is 4. The SMILES string of the molecule is Cc1cc(-c2ccc(N/N=C3/C(=O)c4c(N)cc(S(=O)(=O)[O-])cc4C=C3S(=O)(=O)[O-])c(C)c2)ccc1N/N=C1/C(=O)c2c(N)cc(S(=O)(=O)[O-])cc2C=C1S(=O)(=O)[O-]. The maximum Gasteiger partial charge on any atom is 0.217 e. The number of fused-ring (bicyclic) bond motifs is 2. The van der Waals surface area contributed by atoms with Crippen molar-refractivity contribution >= 4 is 98.4 Å². The van der Waals surface area contributed by atoms with E-state index < -0.39 is 94.4 Å². The fourth-order valence-corrected chi connectivity index (χ4v) is 8.38. The number of nitrogens with one attached hydrogen (secondary N) is 2. The molecule has 302 valence electrons. The van der Waals surface area contributed by atoms with Crippen LogP contribution in [0.3, 0.4) is 0 Å². The normalized spacial score (nSPS) is 16.1. The van der Waals surface area contributed by atoms with Crippen molar-refractivity contribution in [2.24, 2.45) is 10.2 Å². The van der Waals surface area contributed by atoms with Gasteiger partial charge in [0.15, 0.2) is 0 Å². The fourth-order valence-electron chi connectivity index (χ4n) is 6.00. The molecular formula is C34H24N6O14S4-4. The summed E-state index contributed by atoms with van der Waals surface area (Å²) in [5.41, 5.74) is 15.4. The number of nitrogens with zero attached hydrogens (tertiary/aromatic N) is 2. The van der Waals surface area contributed by atoms with Crippen LogP contribution < -0.4 is 22.3 Å². The summed E-state index contributed by atoms with van der Waals surface area (Å²) in [6, 6.07) is 12.5. The Morgan fingerprint density at radius 2 is 0.862 bits per heavy atom. The van der Waals surface area contributed by atoms with Crippen molar-refractivity contribution in [2.75, 3.05) is 22.3 Å². The van der Waals surface area contributed by atoms with Crippen LogP contribution in [-0.2, 0) is 40.5 Å². The van der Waals surface area contributed by atoms with Crippen LogP contribution in [0.25, 0.3) is 23.3 Å². The van der Waals surface area contributed by atoms with Crippen molar-refractivity contribution in [1.82, 2.24) is 0 Å². The molecule has 0 aliphatic heterocycles. The van der Waals surface area contributed by atoms with Gasteiger partial charge in [0.25, 0.3) is 0 Å². The summed E-state index contributed by atoms with van der Waals surface area (Å²) in [4.78, 5) is 22.8. The second-order valence-electron chi connectivity index (χ2n) is 12.6.